The van der Waals surface area contributed by atoms with Crippen LogP contribution in [0.1, 0.15) is 16.7 Å². The Bertz CT molecular complexity index is 1000. The van der Waals surface area contributed by atoms with Crippen LogP contribution in [0.15, 0.2) is 72.8 Å². The Morgan fingerprint density at radius 2 is 1.43 bits per heavy atom. The fraction of sp³-hybridized carbons (Fsp3) is 0.160. The Morgan fingerprint density at radius 3 is 2.07 bits per heavy atom. The van der Waals surface area contributed by atoms with E-state index in [-0.39, 0.29) is 0 Å². The second-order valence-electron chi connectivity index (χ2n) is 6.48. The Labute approximate surface area is 176 Å². The number of esters is 1. The summed E-state index contributed by atoms with van der Waals surface area (Å²) in [5.74, 6) is 1.59. The van der Waals surface area contributed by atoms with Crippen molar-refractivity contribution in [2.75, 3.05) is 21.3 Å². The fourth-order valence-electron chi connectivity index (χ4n) is 3.07. The average Bonchev–Trinajstić information content (AvgIpc) is 2.78. The van der Waals surface area contributed by atoms with E-state index < -0.39 is 5.97 Å². The molecule has 0 aliphatic carbocycles. The first kappa shape index (κ1) is 21.0. The molecule has 5 heteroatoms. The Balaban J connectivity index is 1.76. The maximum Gasteiger partial charge on any atom is 0.336 e. The summed E-state index contributed by atoms with van der Waals surface area (Å²) in [7, 11) is 4.63. The number of benzene rings is 3. The number of ether oxygens (including phenoxy) is 4. The standard InChI is InChI=1S/C25H24O5/c1-27-22-16-19(17-23(28-2)25(22)29-3)13-14-24(26)30-21-12-8-7-11-20(21)15-18-9-5-4-6-10-18/h4-14,16-17H,15H2,1-3H3/b14-13+. The van der Waals surface area contributed by atoms with Crippen LogP contribution in [0.3, 0.4) is 0 Å². The fourth-order valence-corrected chi connectivity index (χ4v) is 3.07. The highest BCUT2D eigenvalue weighted by Gasteiger charge is 2.13. The summed E-state index contributed by atoms with van der Waals surface area (Å²) in [6.45, 7) is 0. The van der Waals surface area contributed by atoms with Gasteiger partial charge in [0.05, 0.1) is 21.3 Å². The highest BCUT2D eigenvalue weighted by Crippen LogP contribution is 2.38. The van der Waals surface area contributed by atoms with Gasteiger partial charge in [-0.15, -0.1) is 0 Å². The molecular formula is C25H24O5. The number of carbonyl (C=O) groups excluding carboxylic acids is 1. The van der Waals surface area contributed by atoms with E-state index in [2.05, 4.69) is 0 Å². The van der Waals surface area contributed by atoms with E-state index in [9.17, 15) is 4.79 Å². The summed E-state index contributed by atoms with van der Waals surface area (Å²) >= 11 is 0. The molecule has 0 fully saturated rings. The second kappa shape index (κ2) is 10.2. The van der Waals surface area contributed by atoms with Crippen LogP contribution in [-0.4, -0.2) is 27.3 Å². The number of carbonyl (C=O) groups is 1. The van der Waals surface area contributed by atoms with Gasteiger partial charge in [0.25, 0.3) is 0 Å². The van der Waals surface area contributed by atoms with Crippen LogP contribution >= 0.6 is 0 Å². The van der Waals surface area contributed by atoms with Crippen LogP contribution in [0.4, 0.5) is 0 Å². The molecule has 0 saturated carbocycles. The largest absolute Gasteiger partial charge is 0.493 e. The van der Waals surface area contributed by atoms with Crippen LogP contribution < -0.4 is 18.9 Å². The van der Waals surface area contributed by atoms with Crippen LogP contribution in [0.5, 0.6) is 23.0 Å². The van der Waals surface area contributed by atoms with Crippen LogP contribution in [0.2, 0.25) is 0 Å². The second-order valence-corrected chi connectivity index (χ2v) is 6.48. The van der Waals surface area contributed by atoms with E-state index in [0.29, 0.717) is 29.4 Å². The van der Waals surface area contributed by atoms with E-state index in [0.717, 1.165) is 16.7 Å². The first-order valence-electron chi connectivity index (χ1n) is 9.46. The molecule has 0 saturated heterocycles. The van der Waals surface area contributed by atoms with E-state index in [4.69, 9.17) is 18.9 Å². The zero-order chi connectivity index (χ0) is 21.3. The van der Waals surface area contributed by atoms with Crippen molar-refractivity contribution in [2.45, 2.75) is 6.42 Å². The number of methoxy groups -OCH3 is 3. The molecule has 0 atom stereocenters. The van der Waals surface area contributed by atoms with Crippen molar-refractivity contribution in [3.8, 4) is 23.0 Å². The predicted octanol–water partition coefficient (Wildman–Crippen LogP) is 4.92. The molecule has 0 aliphatic rings. The molecule has 0 radical (unpaired) electrons. The lowest BCUT2D eigenvalue weighted by Gasteiger charge is -2.12. The number of para-hydroxylation sites is 1. The minimum absolute atomic E-state index is 0.468. The van der Waals surface area contributed by atoms with E-state index in [1.165, 1.54) is 6.08 Å². The average molecular weight is 404 g/mol. The molecule has 30 heavy (non-hydrogen) atoms. The van der Waals surface area contributed by atoms with Gasteiger partial charge in [-0.05, 0) is 41.0 Å². The summed E-state index contributed by atoms with van der Waals surface area (Å²) in [5, 5.41) is 0. The molecule has 0 aromatic heterocycles. The highest BCUT2D eigenvalue weighted by molar-refractivity contribution is 5.89. The molecule has 3 rings (SSSR count). The van der Waals surface area contributed by atoms with Gasteiger partial charge in [0, 0.05) is 12.5 Å². The van der Waals surface area contributed by atoms with Crippen LogP contribution in [-0.2, 0) is 11.2 Å². The molecule has 0 unspecified atom stereocenters. The maximum absolute atomic E-state index is 12.4. The van der Waals surface area contributed by atoms with Crippen molar-refractivity contribution < 1.29 is 23.7 Å². The molecule has 0 heterocycles. The Hall–Kier alpha value is -3.73. The summed E-state index contributed by atoms with van der Waals surface area (Å²) in [5.41, 5.74) is 2.81. The van der Waals surface area contributed by atoms with Crippen molar-refractivity contribution in [2.24, 2.45) is 0 Å². The van der Waals surface area contributed by atoms with E-state index in [1.807, 2.05) is 48.5 Å². The first-order chi connectivity index (χ1) is 14.6. The quantitative estimate of drug-likeness (QED) is 0.303. The minimum atomic E-state index is -0.468. The van der Waals surface area contributed by atoms with Crippen molar-refractivity contribution in [1.29, 1.82) is 0 Å². The van der Waals surface area contributed by atoms with Gasteiger partial charge >= 0.3 is 5.97 Å². The van der Waals surface area contributed by atoms with Gasteiger partial charge in [0.2, 0.25) is 5.75 Å². The molecule has 154 valence electrons. The van der Waals surface area contributed by atoms with E-state index in [1.54, 1.807) is 45.6 Å². The molecule has 0 amide bonds. The van der Waals surface area contributed by atoms with Gasteiger partial charge < -0.3 is 18.9 Å². The summed E-state index contributed by atoms with van der Waals surface area (Å²) in [4.78, 5) is 12.4. The Kier molecular flexibility index (Phi) is 7.11. The third-order valence-electron chi connectivity index (χ3n) is 4.52. The SMILES string of the molecule is COc1cc(/C=C/C(=O)Oc2ccccc2Cc2ccccc2)cc(OC)c1OC. The molecule has 5 nitrogen and oxygen atoms in total. The van der Waals surface area contributed by atoms with Gasteiger partial charge in [0.1, 0.15) is 5.75 Å². The summed E-state index contributed by atoms with van der Waals surface area (Å²) < 4.78 is 21.6. The predicted molar refractivity (Wildman–Crippen MR) is 116 cm³/mol. The topological polar surface area (TPSA) is 54.0 Å². The van der Waals surface area contributed by atoms with Gasteiger partial charge in [-0.3, -0.25) is 0 Å². The molecule has 3 aromatic rings. The van der Waals surface area contributed by atoms with Crippen molar-refractivity contribution >= 4 is 12.0 Å². The normalized spacial score (nSPS) is 10.6. The van der Waals surface area contributed by atoms with Gasteiger partial charge in [-0.1, -0.05) is 48.5 Å². The zero-order valence-electron chi connectivity index (χ0n) is 17.3. The van der Waals surface area contributed by atoms with Crippen molar-refractivity contribution in [1.82, 2.24) is 0 Å². The van der Waals surface area contributed by atoms with Crippen LogP contribution in [0.25, 0.3) is 6.08 Å². The third-order valence-corrected chi connectivity index (χ3v) is 4.52. The first-order valence-corrected chi connectivity index (χ1v) is 9.46. The van der Waals surface area contributed by atoms with Gasteiger partial charge in [0.15, 0.2) is 11.5 Å². The smallest absolute Gasteiger partial charge is 0.336 e. The molecule has 0 aliphatic heterocycles. The lowest BCUT2D eigenvalue weighted by Crippen LogP contribution is -2.06. The molecule has 3 aromatic carbocycles. The maximum atomic E-state index is 12.4. The summed E-state index contributed by atoms with van der Waals surface area (Å²) in [6.07, 6.45) is 3.70. The van der Waals surface area contributed by atoms with Crippen molar-refractivity contribution in [3.63, 3.8) is 0 Å². The minimum Gasteiger partial charge on any atom is -0.493 e. The molecule has 0 N–H and O–H groups in total. The molecule has 0 spiro atoms. The third kappa shape index (κ3) is 5.20. The lowest BCUT2D eigenvalue weighted by molar-refractivity contribution is -0.128. The number of hydrogen-bond acceptors (Lipinski definition) is 5. The summed E-state index contributed by atoms with van der Waals surface area (Å²) in [6, 6.07) is 21.1. The lowest BCUT2D eigenvalue weighted by atomic mass is 10.0. The van der Waals surface area contributed by atoms with Gasteiger partial charge in [-0.2, -0.15) is 0 Å². The molecule has 0 bridgehead atoms. The van der Waals surface area contributed by atoms with Crippen LogP contribution in [0, 0.1) is 0 Å². The highest BCUT2D eigenvalue weighted by atomic mass is 16.5. The number of hydrogen-bond donors (Lipinski definition) is 0. The van der Waals surface area contributed by atoms with Gasteiger partial charge in [-0.25, -0.2) is 4.79 Å². The zero-order valence-corrected chi connectivity index (χ0v) is 17.3. The van der Waals surface area contributed by atoms with Crippen molar-refractivity contribution in [3.05, 3.63) is 89.5 Å². The monoisotopic (exact) mass is 404 g/mol. The van der Waals surface area contributed by atoms with E-state index >= 15 is 0 Å². The number of rotatable bonds is 8. The Morgan fingerprint density at radius 1 is 0.800 bits per heavy atom. The molecular weight excluding hydrogens is 380 g/mol.